The van der Waals surface area contributed by atoms with Gasteiger partial charge in [-0.3, -0.25) is 4.79 Å². The van der Waals surface area contributed by atoms with Crippen LogP contribution in [0.15, 0.2) is 18.2 Å². The highest BCUT2D eigenvalue weighted by molar-refractivity contribution is 5.91. The second-order valence-electron chi connectivity index (χ2n) is 4.67. The molecule has 0 saturated carbocycles. The first-order chi connectivity index (χ1) is 9.86. The number of carbonyl (C=O) groups excluding carboxylic acids is 1. The number of benzene rings is 1. The van der Waals surface area contributed by atoms with Gasteiger partial charge in [0.2, 0.25) is 5.91 Å². The van der Waals surface area contributed by atoms with Gasteiger partial charge in [0.1, 0.15) is 5.82 Å². The zero-order valence-corrected chi connectivity index (χ0v) is 12.2. The minimum atomic E-state index is -4.80. The van der Waals surface area contributed by atoms with Crippen molar-refractivity contribution in [3.8, 4) is 0 Å². The van der Waals surface area contributed by atoms with Crippen LogP contribution >= 0.6 is 12.4 Å². The molecule has 1 aromatic carbocycles. The Kier molecular flexibility index (Phi) is 6.58. The Hall–Kier alpha value is -1.38. The molecule has 1 amide bonds. The minimum absolute atomic E-state index is 0. The van der Waals surface area contributed by atoms with Crippen molar-refractivity contribution < 1.29 is 27.1 Å². The van der Waals surface area contributed by atoms with Gasteiger partial charge in [-0.25, -0.2) is 4.39 Å². The molecule has 1 heterocycles. The smallest absolute Gasteiger partial charge is 0.378 e. The molecule has 1 aliphatic rings. The van der Waals surface area contributed by atoms with Crippen LogP contribution in [0.2, 0.25) is 0 Å². The van der Waals surface area contributed by atoms with Gasteiger partial charge in [-0.15, -0.1) is 12.4 Å². The molecule has 1 aliphatic heterocycles. The van der Waals surface area contributed by atoms with Gasteiger partial charge >= 0.3 is 6.18 Å². The number of hydrogen-bond donors (Lipinski definition) is 2. The van der Waals surface area contributed by atoms with E-state index in [2.05, 4.69) is 10.6 Å². The predicted molar refractivity (Wildman–Crippen MR) is 74.5 cm³/mol. The van der Waals surface area contributed by atoms with E-state index < -0.39 is 23.5 Å². The Labute approximate surface area is 130 Å². The number of alkyl halides is 3. The maximum Gasteiger partial charge on any atom is 0.419 e. The monoisotopic (exact) mass is 342 g/mol. The second-order valence-corrected chi connectivity index (χ2v) is 4.67. The van der Waals surface area contributed by atoms with Gasteiger partial charge in [0, 0.05) is 24.7 Å². The lowest BCUT2D eigenvalue weighted by atomic mass is 10.1. The Balaban J connectivity index is 0.00000242. The summed E-state index contributed by atoms with van der Waals surface area (Å²) in [6.45, 7) is 1.54. The van der Waals surface area contributed by atoms with E-state index in [0.717, 1.165) is 6.07 Å². The summed E-state index contributed by atoms with van der Waals surface area (Å²) in [7, 11) is 0. The Morgan fingerprint density at radius 2 is 2.14 bits per heavy atom. The molecule has 1 aromatic rings. The number of anilines is 1. The van der Waals surface area contributed by atoms with Crippen LogP contribution in [0.5, 0.6) is 0 Å². The molecular formula is C13H15ClF4N2O2. The fourth-order valence-corrected chi connectivity index (χ4v) is 2.01. The van der Waals surface area contributed by atoms with E-state index >= 15 is 0 Å². The lowest BCUT2D eigenvalue weighted by Crippen LogP contribution is -2.43. The molecule has 1 saturated heterocycles. The second kappa shape index (κ2) is 7.75. The van der Waals surface area contributed by atoms with Crippen molar-refractivity contribution in [2.24, 2.45) is 0 Å². The normalized spacial score (nSPS) is 18.5. The highest BCUT2D eigenvalue weighted by Gasteiger charge is 2.34. The molecule has 2 N–H and O–H groups in total. The Morgan fingerprint density at radius 3 is 2.73 bits per heavy atom. The number of ether oxygens (including phenoxy) is 1. The summed E-state index contributed by atoms with van der Waals surface area (Å²) >= 11 is 0. The van der Waals surface area contributed by atoms with Gasteiger partial charge in [-0.1, -0.05) is 0 Å². The van der Waals surface area contributed by atoms with Crippen molar-refractivity contribution in [2.75, 3.05) is 25.1 Å². The predicted octanol–water partition coefficient (Wildman–Crippen LogP) is 2.58. The molecule has 1 unspecified atom stereocenters. The number of amides is 1. The van der Waals surface area contributed by atoms with E-state index in [1.807, 2.05) is 0 Å². The summed E-state index contributed by atoms with van der Waals surface area (Å²) < 4.78 is 56.0. The molecule has 0 aliphatic carbocycles. The summed E-state index contributed by atoms with van der Waals surface area (Å²) in [6.07, 6.45) is -4.73. The lowest BCUT2D eigenvalue weighted by Gasteiger charge is -2.23. The molecule has 1 atom stereocenters. The standard InChI is InChI=1S/C13H14F4N2O2.ClH/c14-11-2-1-8(5-10(11)13(15,16)17)19-12(20)6-9-7-21-4-3-18-9;/h1-2,5,9,18H,3-4,6-7H2,(H,19,20);1H. The summed E-state index contributed by atoms with van der Waals surface area (Å²) in [4.78, 5) is 11.7. The van der Waals surface area contributed by atoms with Crippen molar-refractivity contribution >= 4 is 24.0 Å². The van der Waals surface area contributed by atoms with Crippen molar-refractivity contribution in [1.29, 1.82) is 0 Å². The summed E-state index contributed by atoms with van der Waals surface area (Å²) in [5.74, 6) is -1.83. The summed E-state index contributed by atoms with van der Waals surface area (Å²) in [5, 5.41) is 5.38. The van der Waals surface area contributed by atoms with Gasteiger partial charge in [0.05, 0.1) is 18.8 Å². The third-order valence-corrected chi connectivity index (χ3v) is 2.99. The first-order valence-corrected chi connectivity index (χ1v) is 6.34. The molecule has 2 rings (SSSR count). The Morgan fingerprint density at radius 1 is 1.41 bits per heavy atom. The van der Waals surface area contributed by atoms with Crippen LogP contribution in [0.4, 0.5) is 23.2 Å². The van der Waals surface area contributed by atoms with Crippen LogP contribution in [-0.2, 0) is 15.7 Å². The van der Waals surface area contributed by atoms with E-state index in [0.29, 0.717) is 31.9 Å². The van der Waals surface area contributed by atoms with Crippen LogP contribution in [0.25, 0.3) is 0 Å². The van der Waals surface area contributed by atoms with Gasteiger partial charge < -0.3 is 15.4 Å². The van der Waals surface area contributed by atoms with E-state index in [9.17, 15) is 22.4 Å². The average molecular weight is 343 g/mol. The highest BCUT2D eigenvalue weighted by Crippen LogP contribution is 2.33. The lowest BCUT2D eigenvalue weighted by molar-refractivity contribution is -0.140. The number of nitrogens with one attached hydrogen (secondary N) is 2. The van der Waals surface area contributed by atoms with Crippen molar-refractivity contribution in [3.05, 3.63) is 29.6 Å². The zero-order chi connectivity index (χ0) is 15.5. The van der Waals surface area contributed by atoms with Gasteiger partial charge in [-0.05, 0) is 18.2 Å². The third-order valence-electron chi connectivity index (χ3n) is 2.99. The van der Waals surface area contributed by atoms with Crippen molar-refractivity contribution in [2.45, 2.75) is 18.6 Å². The number of carbonyl (C=O) groups is 1. The SMILES string of the molecule is Cl.O=C(CC1COCCN1)Nc1ccc(F)c(C(F)(F)F)c1. The van der Waals surface area contributed by atoms with Crippen molar-refractivity contribution in [3.63, 3.8) is 0 Å². The molecule has 124 valence electrons. The summed E-state index contributed by atoms with van der Waals surface area (Å²) in [5.41, 5.74) is -1.50. The van der Waals surface area contributed by atoms with E-state index in [4.69, 9.17) is 4.74 Å². The zero-order valence-electron chi connectivity index (χ0n) is 11.4. The van der Waals surface area contributed by atoms with E-state index in [-0.39, 0.29) is 30.6 Å². The maximum atomic E-state index is 13.1. The van der Waals surface area contributed by atoms with Crippen LogP contribution in [0, 0.1) is 5.82 Å². The molecule has 22 heavy (non-hydrogen) atoms. The van der Waals surface area contributed by atoms with E-state index in [1.165, 1.54) is 0 Å². The van der Waals surface area contributed by atoms with Crippen LogP contribution in [-0.4, -0.2) is 31.7 Å². The number of halogens is 5. The van der Waals surface area contributed by atoms with Gasteiger partial charge in [-0.2, -0.15) is 13.2 Å². The average Bonchev–Trinajstić information content (AvgIpc) is 2.41. The molecule has 9 heteroatoms. The third kappa shape index (κ3) is 5.11. The molecule has 0 aromatic heterocycles. The quantitative estimate of drug-likeness (QED) is 0.830. The number of hydrogen-bond acceptors (Lipinski definition) is 3. The molecule has 0 radical (unpaired) electrons. The fraction of sp³-hybridized carbons (Fsp3) is 0.462. The molecule has 0 spiro atoms. The maximum absolute atomic E-state index is 13.1. The first-order valence-electron chi connectivity index (χ1n) is 6.34. The van der Waals surface area contributed by atoms with Crippen LogP contribution in [0.3, 0.4) is 0 Å². The van der Waals surface area contributed by atoms with Gasteiger partial charge in [0.15, 0.2) is 0 Å². The number of morpholine rings is 1. The summed E-state index contributed by atoms with van der Waals surface area (Å²) in [6, 6.07) is 2.17. The van der Waals surface area contributed by atoms with Gasteiger partial charge in [0.25, 0.3) is 0 Å². The fourth-order valence-electron chi connectivity index (χ4n) is 2.01. The molecule has 0 bridgehead atoms. The van der Waals surface area contributed by atoms with Crippen LogP contribution in [0.1, 0.15) is 12.0 Å². The Bertz CT molecular complexity index is 519. The number of rotatable bonds is 3. The molecule has 4 nitrogen and oxygen atoms in total. The van der Waals surface area contributed by atoms with E-state index in [1.54, 1.807) is 0 Å². The van der Waals surface area contributed by atoms with Crippen LogP contribution < -0.4 is 10.6 Å². The minimum Gasteiger partial charge on any atom is -0.378 e. The topological polar surface area (TPSA) is 50.4 Å². The largest absolute Gasteiger partial charge is 0.419 e. The molecule has 1 fully saturated rings. The molecular weight excluding hydrogens is 328 g/mol. The first kappa shape index (κ1) is 18.7. The highest BCUT2D eigenvalue weighted by atomic mass is 35.5. The van der Waals surface area contributed by atoms with Crippen molar-refractivity contribution in [1.82, 2.24) is 5.32 Å².